The van der Waals surface area contributed by atoms with Crippen LogP contribution in [0.1, 0.15) is 33.9 Å². The van der Waals surface area contributed by atoms with Crippen molar-refractivity contribution in [2.45, 2.75) is 26.8 Å². The van der Waals surface area contributed by atoms with Crippen LogP contribution in [0.2, 0.25) is 0 Å². The van der Waals surface area contributed by atoms with Crippen molar-refractivity contribution in [3.05, 3.63) is 105 Å². The second-order valence-corrected chi connectivity index (χ2v) is 8.62. The maximum atomic E-state index is 13.2. The Morgan fingerprint density at radius 2 is 1.61 bits per heavy atom. The van der Waals surface area contributed by atoms with Crippen LogP contribution in [0.5, 0.6) is 0 Å². The number of hydrogen-bond acceptors (Lipinski definition) is 3. The van der Waals surface area contributed by atoms with E-state index in [1.54, 1.807) is 12.1 Å². The summed E-state index contributed by atoms with van der Waals surface area (Å²) in [5.74, 6) is -1.50. The lowest BCUT2D eigenvalue weighted by atomic mass is 9.94. The highest BCUT2D eigenvalue weighted by molar-refractivity contribution is 9.10. The van der Waals surface area contributed by atoms with Crippen LogP contribution in [-0.2, 0) is 9.59 Å². The molecule has 0 radical (unpaired) electrons. The topological polar surface area (TPSA) is 57.6 Å². The fourth-order valence-electron chi connectivity index (χ4n) is 3.98. The smallest absolute Gasteiger partial charge is 0.300 e. The molecule has 0 saturated carbocycles. The molecule has 156 valence electrons. The summed E-state index contributed by atoms with van der Waals surface area (Å²) >= 11 is 3.46. The Morgan fingerprint density at radius 3 is 2.29 bits per heavy atom. The Morgan fingerprint density at radius 1 is 0.903 bits per heavy atom. The monoisotopic (exact) mass is 475 g/mol. The van der Waals surface area contributed by atoms with Crippen molar-refractivity contribution in [3.8, 4) is 0 Å². The van der Waals surface area contributed by atoms with Gasteiger partial charge in [0.2, 0.25) is 0 Å². The second kappa shape index (κ2) is 8.16. The molecule has 0 spiro atoms. The average Bonchev–Trinajstić information content (AvgIpc) is 3.03. The summed E-state index contributed by atoms with van der Waals surface area (Å²) in [5.41, 5.74) is 4.89. The molecule has 1 N–H and O–H groups in total. The summed E-state index contributed by atoms with van der Waals surface area (Å²) in [6, 6.07) is 19.7. The number of carbonyl (C=O) groups excluding carboxylic acids is 2. The third-order valence-corrected chi connectivity index (χ3v) is 6.72. The van der Waals surface area contributed by atoms with Crippen molar-refractivity contribution in [2.24, 2.45) is 0 Å². The Labute approximate surface area is 190 Å². The average molecular weight is 476 g/mol. The number of hydrogen-bond donors (Lipinski definition) is 1. The molecule has 0 aromatic heterocycles. The number of Topliss-reactive ketones (excluding diaryl/α,β-unsaturated/α-hetero) is 1. The van der Waals surface area contributed by atoms with Gasteiger partial charge in [0.15, 0.2) is 0 Å². The molecule has 3 aromatic carbocycles. The molecule has 0 bridgehead atoms. The Balaban J connectivity index is 1.98. The molecule has 1 fully saturated rings. The molecular formula is C26H22BrNO3. The van der Waals surface area contributed by atoms with Gasteiger partial charge in [-0.15, -0.1) is 0 Å². The normalized spacial score (nSPS) is 17.9. The number of rotatable bonds is 3. The number of aryl methyl sites for hydroxylation is 2. The van der Waals surface area contributed by atoms with Gasteiger partial charge in [-0.3, -0.25) is 14.5 Å². The minimum absolute atomic E-state index is 0.0961. The molecule has 3 aromatic rings. The van der Waals surface area contributed by atoms with Crippen LogP contribution < -0.4 is 4.90 Å². The summed E-state index contributed by atoms with van der Waals surface area (Å²) in [7, 11) is 0. The van der Waals surface area contributed by atoms with Crippen LogP contribution in [0.15, 0.2) is 76.8 Å². The fourth-order valence-corrected chi connectivity index (χ4v) is 4.22. The fraction of sp³-hybridized carbons (Fsp3) is 0.154. The van der Waals surface area contributed by atoms with Gasteiger partial charge in [0.1, 0.15) is 5.76 Å². The van der Waals surface area contributed by atoms with Gasteiger partial charge < -0.3 is 5.11 Å². The van der Waals surface area contributed by atoms with Gasteiger partial charge >= 0.3 is 0 Å². The van der Waals surface area contributed by atoms with Gasteiger partial charge in [0.25, 0.3) is 11.7 Å². The molecule has 1 aliphatic rings. The largest absolute Gasteiger partial charge is 0.507 e. The third-order valence-electron chi connectivity index (χ3n) is 5.83. The van der Waals surface area contributed by atoms with Gasteiger partial charge in [-0.05, 0) is 61.2 Å². The molecule has 4 rings (SSSR count). The van der Waals surface area contributed by atoms with Gasteiger partial charge in [0.05, 0.1) is 11.6 Å². The first kappa shape index (κ1) is 21.1. The molecule has 1 atom stereocenters. The number of benzene rings is 3. The van der Waals surface area contributed by atoms with E-state index >= 15 is 0 Å². The number of ketones is 1. The van der Waals surface area contributed by atoms with Crippen LogP contribution in [-0.4, -0.2) is 16.8 Å². The van der Waals surface area contributed by atoms with E-state index in [1.165, 1.54) is 4.90 Å². The van der Waals surface area contributed by atoms with Crippen molar-refractivity contribution in [1.29, 1.82) is 0 Å². The van der Waals surface area contributed by atoms with Crippen LogP contribution in [0.4, 0.5) is 5.69 Å². The van der Waals surface area contributed by atoms with E-state index in [4.69, 9.17) is 0 Å². The predicted molar refractivity (Wildman–Crippen MR) is 126 cm³/mol. The highest BCUT2D eigenvalue weighted by Crippen LogP contribution is 2.43. The van der Waals surface area contributed by atoms with Crippen molar-refractivity contribution in [2.75, 3.05) is 4.90 Å². The number of anilines is 1. The molecule has 1 saturated heterocycles. The van der Waals surface area contributed by atoms with Crippen molar-refractivity contribution in [1.82, 2.24) is 0 Å². The molecular weight excluding hydrogens is 454 g/mol. The zero-order valence-corrected chi connectivity index (χ0v) is 19.1. The van der Waals surface area contributed by atoms with Crippen LogP contribution in [0.3, 0.4) is 0 Å². The van der Waals surface area contributed by atoms with Crippen LogP contribution >= 0.6 is 15.9 Å². The van der Waals surface area contributed by atoms with Gasteiger partial charge in [-0.2, -0.15) is 0 Å². The van der Waals surface area contributed by atoms with E-state index in [-0.39, 0.29) is 11.3 Å². The van der Waals surface area contributed by atoms with Gasteiger partial charge in [0, 0.05) is 15.7 Å². The SMILES string of the molecule is Cc1cc(/C(O)=C2\C(=O)C(=O)N(c3cccc(C)c3C)C2c2ccccc2)ccc1Br. The molecule has 31 heavy (non-hydrogen) atoms. The van der Waals surface area contributed by atoms with Crippen molar-refractivity contribution < 1.29 is 14.7 Å². The van der Waals surface area contributed by atoms with Crippen LogP contribution in [0.25, 0.3) is 5.76 Å². The Hall–Kier alpha value is -3.18. The highest BCUT2D eigenvalue weighted by Gasteiger charge is 2.47. The molecule has 0 aliphatic carbocycles. The standard InChI is InChI=1S/C26H22BrNO3/c1-15-8-7-11-21(17(15)3)28-23(18-9-5-4-6-10-18)22(25(30)26(28)31)24(29)19-12-13-20(27)16(2)14-19/h4-14,23,29H,1-3H3/b24-22+. The molecule has 1 heterocycles. The first-order chi connectivity index (χ1) is 14.8. The van der Waals surface area contributed by atoms with E-state index < -0.39 is 17.7 Å². The summed E-state index contributed by atoms with van der Waals surface area (Å²) in [4.78, 5) is 28.0. The van der Waals surface area contributed by atoms with Crippen molar-refractivity contribution >= 4 is 39.1 Å². The first-order valence-corrected chi connectivity index (χ1v) is 10.8. The molecule has 5 heteroatoms. The summed E-state index contributed by atoms with van der Waals surface area (Å²) in [5, 5.41) is 11.2. The molecule has 1 unspecified atom stereocenters. The number of amides is 1. The quantitative estimate of drug-likeness (QED) is 0.287. The maximum absolute atomic E-state index is 13.2. The molecule has 1 amide bonds. The lowest BCUT2D eigenvalue weighted by Crippen LogP contribution is -2.30. The van der Waals surface area contributed by atoms with Gasteiger partial charge in [-0.1, -0.05) is 64.5 Å². The van der Waals surface area contributed by atoms with Gasteiger partial charge in [-0.25, -0.2) is 0 Å². The summed E-state index contributed by atoms with van der Waals surface area (Å²) in [6.07, 6.45) is 0. The zero-order chi connectivity index (χ0) is 22.3. The van der Waals surface area contributed by atoms with E-state index in [0.717, 1.165) is 26.7 Å². The maximum Gasteiger partial charge on any atom is 0.300 e. The van der Waals surface area contributed by atoms with E-state index in [1.807, 2.05) is 75.4 Å². The van der Waals surface area contributed by atoms with Crippen molar-refractivity contribution in [3.63, 3.8) is 0 Å². The number of nitrogens with zero attached hydrogens (tertiary/aromatic N) is 1. The highest BCUT2D eigenvalue weighted by atomic mass is 79.9. The number of halogens is 1. The minimum atomic E-state index is -0.717. The Bertz CT molecular complexity index is 1230. The lowest BCUT2D eigenvalue weighted by molar-refractivity contribution is -0.132. The zero-order valence-electron chi connectivity index (χ0n) is 17.5. The third kappa shape index (κ3) is 3.59. The Kier molecular flexibility index (Phi) is 5.54. The first-order valence-electron chi connectivity index (χ1n) is 10.00. The summed E-state index contributed by atoms with van der Waals surface area (Å²) < 4.78 is 0.902. The predicted octanol–water partition coefficient (Wildman–Crippen LogP) is 6.00. The minimum Gasteiger partial charge on any atom is -0.507 e. The van der Waals surface area contributed by atoms with E-state index in [0.29, 0.717) is 11.3 Å². The summed E-state index contributed by atoms with van der Waals surface area (Å²) in [6.45, 7) is 5.81. The number of aliphatic hydroxyl groups is 1. The molecule has 1 aliphatic heterocycles. The second-order valence-electron chi connectivity index (χ2n) is 7.76. The van der Waals surface area contributed by atoms with Crippen LogP contribution in [0, 0.1) is 20.8 Å². The van der Waals surface area contributed by atoms with E-state index in [2.05, 4.69) is 15.9 Å². The van der Waals surface area contributed by atoms with E-state index in [9.17, 15) is 14.7 Å². The number of carbonyl (C=O) groups is 2. The number of aliphatic hydroxyl groups excluding tert-OH is 1. The lowest BCUT2D eigenvalue weighted by Gasteiger charge is -2.27. The molecule has 4 nitrogen and oxygen atoms in total.